The summed E-state index contributed by atoms with van der Waals surface area (Å²) in [5, 5.41) is 4.52. The summed E-state index contributed by atoms with van der Waals surface area (Å²) >= 11 is 0. The SMILES string of the molecule is CCCC(=O)COc1c(-c2cnn(C3CC3)c2)ccc2c1CC[C@H](C)N2C(C)=O. The molecule has 2 heterocycles. The molecular weight excluding hydrogens is 366 g/mol. The van der Waals surface area contributed by atoms with Crippen molar-refractivity contribution in [2.75, 3.05) is 11.5 Å². The molecular formula is C23H29N3O3. The summed E-state index contributed by atoms with van der Waals surface area (Å²) < 4.78 is 8.15. The molecule has 2 aromatic rings. The average Bonchev–Trinajstić information content (AvgIpc) is 3.43. The second kappa shape index (κ2) is 8.01. The summed E-state index contributed by atoms with van der Waals surface area (Å²) in [5.41, 5.74) is 3.84. The number of aromatic nitrogens is 2. The summed E-state index contributed by atoms with van der Waals surface area (Å²) in [6, 6.07) is 4.67. The number of amides is 1. The normalized spacial score (nSPS) is 18.4. The third kappa shape index (κ3) is 3.93. The first-order chi connectivity index (χ1) is 14.0. The van der Waals surface area contributed by atoms with Crippen molar-refractivity contribution in [1.29, 1.82) is 0 Å². The third-order valence-electron chi connectivity index (χ3n) is 5.83. The molecule has 154 valence electrons. The van der Waals surface area contributed by atoms with Crippen LogP contribution in [0.25, 0.3) is 11.1 Å². The van der Waals surface area contributed by atoms with E-state index >= 15 is 0 Å². The van der Waals surface area contributed by atoms with Gasteiger partial charge in [-0.05, 0) is 51.2 Å². The fourth-order valence-corrected chi connectivity index (χ4v) is 4.20. The second-order valence-electron chi connectivity index (χ2n) is 8.23. The van der Waals surface area contributed by atoms with Crippen LogP contribution in [0.3, 0.4) is 0 Å². The quantitative estimate of drug-likeness (QED) is 0.700. The van der Waals surface area contributed by atoms with Crippen LogP contribution in [0.4, 0.5) is 5.69 Å². The van der Waals surface area contributed by atoms with Crippen molar-refractivity contribution in [2.24, 2.45) is 0 Å². The molecule has 2 aliphatic rings. The molecule has 4 rings (SSSR count). The highest BCUT2D eigenvalue weighted by atomic mass is 16.5. The van der Waals surface area contributed by atoms with Crippen molar-refractivity contribution in [1.82, 2.24) is 9.78 Å². The Balaban J connectivity index is 1.75. The van der Waals surface area contributed by atoms with Crippen LogP contribution >= 0.6 is 0 Å². The lowest BCUT2D eigenvalue weighted by Crippen LogP contribution is -2.40. The fraction of sp³-hybridized carbons (Fsp3) is 0.522. The van der Waals surface area contributed by atoms with Crippen LogP contribution in [0.5, 0.6) is 5.75 Å². The van der Waals surface area contributed by atoms with Gasteiger partial charge in [-0.3, -0.25) is 14.3 Å². The Hall–Kier alpha value is -2.63. The van der Waals surface area contributed by atoms with Gasteiger partial charge in [-0.25, -0.2) is 0 Å². The lowest BCUT2D eigenvalue weighted by molar-refractivity contribution is -0.121. The van der Waals surface area contributed by atoms with Crippen LogP contribution in [0, 0.1) is 0 Å². The minimum atomic E-state index is 0.0285. The first-order valence-corrected chi connectivity index (χ1v) is 10.6. The molecule has 1 amide bonds. The van der Waals surface area contributed by atoms with Gasteiger partial charge in [-0.1, -0.05) is 6.92 Å². The van der Waals surface area contributed by atoms with Gasteiger partial charge in [0, 0.05) is 42.3 Å². The molecule has 29 heavy (non-hydrogen) atoms. The maximum absolute atomic E-state index is 12.3. The van der Waals surface area contributed by atoms with Gasteiger partial charge in [-0.2, -0.15) is 5.10 Å². The summed E-state index contributed by atoms with van der Waals surface area (Å²) in [4.78, 5) is 26.3. The highest BCUT2D eigenvalue weighted by Gasteiger charge is 2.31. The van der Waals surface area contributed by atoms with Gasteiger partial charge in [0.05, 0.1) is 17.9 Å². The van der Waals surface area contributed by atoms with E-state index in [-0.39, 0.29) is 24.3 Å². The number of rotatable bonds is 7. The average molecular weight is 396 g/mol. The molecule has 6 heteroatoms. The third-order valence-corrected chi connectivity index (χ3v) is 5.83. The number of ether oxygens (including phenoxy) is 1. The first-order valence-electron chi connectivity index (χ1n) is 10.6. The van der Waals surface area contributed by atoms with E-state index in [1.807, 2.05) is 34.8 Å². The van der Waals surface area contributed by atoms with E-state index in [1.54, 1.807) is 6.92 Å². The van der Waals surface area contributed by atoms with Crippen LogP contribution in [0.2, 0.25) is 0 Å². The maximum atomic E-state index is 12.3. The molecule has 0 N–H and O–H groups in total. The minimum Gasteiger partial charge on any atom is -0.485 e. The zero-order chi connectivity index (χ0) is 20.5. The van der Waals surface area contributed by atoms with Crippen LogP contribution in [0.1, 0.15) is 64.5 Å². The molecule has 0 spiro atoms. The van der Waals surface area contributed by atoms with E-state index in [1.165, 1.54) is 12.8 Å². The van der Waals surface area contributed by atoms with Crippen LogP contribution in [-0.2, 0) is 16.0 Å². The van der Waals surface area contributed by atoms with Crippen LogP contribution in [-0.4, -0.2) is 34.1 Å². The Morgan fingerprint density at radius 1 is 1.24 bits per heavy atom. The lowest BCUT2D eigenvalue weighted by atomic mass is 9.92. The molecule has 6 nitrogen and oxygen atoms in total. The number of nitrogens with zero attached hydrogens (tertiary/aromatic N) is 3. The van der Waals surface area contributed by atoms with E-state index in [0.29, 0.717) is 12.5 Å². The van der Waals surface area contributed by atoms with Crippen molar-refractivity contribution in [2.45, 2.75) is 71.4 Å². The second-order valence-corrected chi connectivity index (χ2v) is 8.23. The summed E-state index contributed by atoms with van der Waals surface area (Å²) in [6.45, 7) is 5.73. The summed E-state index contributed by atoms with van der Waals surface area (Å²) in [7, 11) is 0. The molecule has 0 radical (unpaired) electrons. The number of carbonyl (C=O) groups excluding carboxylic acids is 2. The van der Waals surface area contributed by atoms with Crippen molar-refractivity contribution in [3.8, 4) is 16.9 Å². The molecule has 1 aromatic carbocycles. The van der Waals surface area contributed by atoms with E-state index in [9.17, 15) is 9.59 Å². The van der Waals surface area contributed by atoms with Crippen molar-refractivity contribution in [3.63, 3.8) is 0 Å². The molecule has 1 atom stereocenters. The molecule has 1 aliphatic heterocycles. The number of benzene rings is 1. The topological polar surface area (TPSA) is 64.4 Å². The predicted molar refractivity (Wildman–Crippen MR) is 112 cm³/mol. The number of hydrogen-bond acceptors (Lipinski definition) is 4. The van der Waals surface area contributed by atoms with Crippen molar-refractivity contribution < 1.29 is 14.3 Å². The predicted octanol–water partition coefficient (Wildman–Crippen LogP) is 4.32. The Morgan fingerprint density at radius 2 is 2.03 bits per heavy atom. The van der Waals surface area contributed by atoms with E-state index in [0.717, 1.165) is 47.4 Å². The van der Waals surface area contributed by atoms with Crippen LogP contribution in [0.15, 0.2) is 24.5 Å². The number of ketones is 1. The fourth-order valence-electron chi connectivity index (χ4n) is 4.20. The Morgan fingerprint density at radius 3 is 2.72 bits per heavy atom. The minimum absolute atomic E-state index is 0.0285. The highest BCUT2D eigenvalue weighted by molar-refractivity contribution is 5.95. The Kier molecular flexibility index (Phi) is 5.43. The van der Waals surface area contributed by atoms with Gasteiger partial charge < -0.3 is 9.64 Å². The van der Waals surface area contributed by atoms with Gasteiger partial charge >= 0.3 is 0 Å². The Labute approximate surface area is 171 Å². The van der Waals surface area contributed by atoms with E-state index in [2.05, 4.69) is 18.2 Å². The highest BCUT2D eigenvalue weighted by Crippen LogP contribution is 2.44. The van der Waals surface area contributed by atoms with E-state index in [4.69, 9.17) is 4.74 Å². The summed E-state index contributed by atoms with van der Waals surface area (Å²) in [5.74, 6) is 0.846. The monoisotopic (exact) mass is 395 g/mol. The molecule has 0 bridgehead atoms. The molecule has 1 aliphatic carbocycles. The molecule has 1 saturated carbocycles. The zero-order valence-corrected chi connectivity index (χ0v) is 17.5. The molecule has 1 aromatic heterocycles. The number of anilines is 1. The molecule has 0 unspecified atom stereocenters. The van der Waals surface area contributed by atoms with Gasteiger partial charge in [0.15, 0.2) is 5.78 Å². The lowest BCUT2D eigenvalue weighted by Gasteiger charge is -2.36. The number of fused-ring (bicyclic) bond motifs is 1. The zero-order valence-electron chi connectivity index (χ0n) is 17.5. The van der Waals surface area contributed by atoms with Crippen molar-refractivity contribution in [3.05, 3.63) is 30.1 Å². The molecule has 0 saturated heterocycles. The standard InChI is InChI=1S/C23H29N3O3/c1-4-5-19(28)14-29-23-20(17-12-24-25(13-17)18-7-8-18)10-11-22-21(23)9-6-15(2)26(22)16(3)27/h10-13,15,18H,4-9,14H2,1-3H3/t15-/m0/s1. The van der Waals surface area contributed by atoms with Gasteiger partial charge in [0.2, 0.25) is 5.91 Å². The smallest absolute Gasteiger partial charge is 0.224 e. The van der Waals surface area contributed by atoms with E-state index < -0.39 is 0 Å². The number of hydrogen-bond donors (Lipinski definition) is 0. The van der Waals surface area contributed by atoms with Gasteiger partial charge in [0.1, 0.15) is 12.4 Å². The molecule has 1 fully saturated rings. The Bertz CT molecular complexity index is 929. The first kappa shape index (κ1) is 19.7. The van der Waals surface area contributed by atoms with Gasteiger partial charge in [0.25, 0.3) is 0 Å². The number of Topliss-reactive ketones (excluding diaryl/α,β-unsaturated/α-hetero) is 1. The largest absolute Gasteiger partial charge is 0.485 e. The summed E-state index contributed by atoms with van der Waals surface area (Å²) in [6.07, 6.45) is 9.30. The maximum Gasteiger partial charge on any atom is 0.224 e. The van der Waals surface area contributed by atoms with Crippen LogP contribution < -0.4 is 9.64 Å². The van der Waals surface area contributed by atoms with Gasteiger partial charge in [-0.15, -0.1) is 0 Å². The van der Waals surface area contributed by atoms with Crippen molar-refractivity contribution >= 4 is 17.4 Å². The number of carbonyl (C=O) groups is 2.